The lowest BCUT2D eigenvalue weighted by atomic mass is 9.96. The summed E-state index contributed by atoms with van der Waals surface area (Å²) < 4.78 is 1.81. The third-order valence-corrected chi connectivity index (χ3v) is 4.90. The average molecular weight is 390 g/mol. The number of amides is 1. The van der Waals surface area contributed by atoms with E-state index in [1.807, 2.05) is 20.0 Å². The molecule has 3 N–H and O–H groups in total. The number of nitrogens with one attached hydrogen (secondary N) is 1. The Morgan fingerprint density at radius 2 is 2.21 bits per heavy atom. The van der Waals surface area contributed by atoms with Gasteiger partial charge in [-0.2, -0.15) is 0 Å². The Balaban J connectivity index is 0.00000288. The van der Waals surface area contributed by atoms with Crippen molar-refractivity contribution in [1.29, 1.82) is 0 Å². The number of carbonyl (C=O) groups is 1. The van der Waals surface area contributed by atoms with E-state index >= 15 is 0 Å². The maximum Gasteiger partial charge on any atom is 0.244 e. The number of carbonyl (C=O) groups excluding carboxylic acids is 1. The highest BCUT2D eigenvalue weighted by Gasteiger charge is 2.27. The molecule has 132 valence electrons. The smallest absolute Gasteiger partial charge is 0.244 e. The fourth-order valence-electron chi connectivity index (χ4n) is 2.03. The third-order valence-electron chi connectivity index (χ3n) is 3.35. The molecular weight excluding hydrogens is 369 g/mol. The van der Waals surface area contributed by atoms with E-state index < -0.39 is 5.54 Å². The normalized spacial score (nSPS) is 13.0. The largest absolute Gasteiger partial charge is 0.324 e. The third kappa shape index (κ3) is 5.11. The molecular formula is C15H21Cl2N5OS. The van der Waals surface area contributed by atoms with Gasteiger partial charge >= 0.3 is 0 Å². The Kier molecular flexibility index (Phi) is 7.54. The maximum absolute atomic E-state index is 12.2. The Morgan fingerprint density at radius 3 is 2.75 bits per heavy atom. The summed E-state index contributed by atoms with van der Waals surface area (Å²) in [6, 6.07) is 5.34. The number of nitrogens with two attached hydrogens (primary N) is 1. The van der Waals surface area contributed by atoms with Crippen LogP contribution < -0.4 is 11.1 Å². The lowest BCUT2D eigenvalue weighted by molar-refractivity contribution is -0.120. The van der Waals surface area contributed by atoms with Crippen molar-refractivity contribution in [2.75, 3.05) is 5.32 Å². The molecule has 1 unspecified atom stereocenters. The van der Waals surface area contributed by atoms with Gasteiger partial charge in [0.15, 0.2) is 5.16 Å². The van der Waals surface area contributed by atoms with Crippen molar-refractivity contribution in [2.45, 2.75) is 42.3 Å². The van der Waals surface area contributed by atoms with Gasteiger partial charge in [-0.15, -0.1) is 22.6 Å². The quantitative estimate of drug-likeness (QED) is 0.789. The van der Waals surface area contributed by atoms with E-state index in [0.29, 0.717) is 17.1 Å². The van der Waals surface area contributed by atoms with E-state index in [2.05, 4.69) is 15.5 Å². The zero-order valence-corrected chi connectivity index (χ0v) is 16.1. The van der Waals surface area contributed by atoms with Gasteiger partial charge in [0.2, 0.25) is 5.91 Å². The van der Waals surface area contributed by atoms with E-state index in [4.69, 9.17) is 17.3 Å². The first-order valence-corrected chi connectivity index (χ1v) is 8.44. The second kappa shape index (κ2) is 8.71. The Bertz CT molecular complexity index is 705. The molecule has 1 atom stereocenters. The standard InChI is InChI=1S/C15H20ClN5OS.ClH/c1-4-7-15(2,17)13(22)19-10-5-6-12(11(16)8-10)23-14-20-18-9-21(14)3;/h5-6,8-9H,4,7,17H2,1-3H3,(H,19,22);1H. The lowest BCUT2D eigenvalue weighted by Gasteiger charge is -2.23. The van der Waals surface area contributed by atoms with E-state index in [-0.39, 0.29) is 18.3 Å². The summed E-state index contributed by atoms with van der Waals surface area (Å²) in [6.45, 7) is 3.72. The Hall–Kier alpha value is -1.28. The van der Waals surface area contributed by atoms with Crippen molar-refractivity contribution < 1.29 is 4.79 Å². The number of rotatable bonds is 6. The molecule has 9 heteroatoms. The second-order valence-electron chi connectivity index (χ2n) is 5.59. The number of aryl methyl sites for hydroxylation is 1. The highest BCUT2D eigenvalue weighted by molar-refractivity contribution is 7.99. The first-order chi connectivity index (χ1) is 10.8. The number of nitrogens with zero attached hydrogens (tertiary/aromatic N) is 3. The van der Waals surface area contributed by atoms with E-state index in [1.54, 1.807) is 30.0 Å². The highest BCUT2D eigenvalue weighted by Crippen LogP contribution is 2.33. The molecule has 0 bridgehead atoms. The molecule has 0 aliphatic heterocycles. The number of hydrogen-bond acceptors (Lipinski definition) is 5. The number of hydrogen-bond donors (Lipinski definition) is 2. The number of halogens is 2. The van der Waals surface area contributed by atoms with E-state index in [9.17, 15) is 4.79 Å². The summed E-state index contributed by atoms with van der Waals surface area (Å²) in [7, 11) is 1.86. The van der Waals surface area contributed by atoms with Gasteiger partial charge in [-0.05, 0) is 43.3 Å². The fourth-order valence-corrected chi connectivity index (χ4v) is 3.10. The van der Waals surface area contributed by atoms with Gasteiger partial charge < -0.3 is 15.6 Å². The van der Waals surface area contributed by atoms with Crippen molar-refractivity contribution in [2.24, 2.45) is 12.8 Å². The van der Waals surface area contributed by atoms with Crippen LogP contribution in [-0.2, 0) is 11.8 Å². The van der Waals surface area contributed by atoms with Crippen LogP contribution in [0.3, 0.4) is 0 Å². The molecule has 0 fully saturated rings. The molecule has 0 spiro atoms. The van der Waals surface area contributed by atoms with Crippen molar-refractivity contribution in [3.63, 3.8) is 0 Å². The SMILES string of the molecule is CCCC(C)(N)C(=O)Nc1ccc(Sc2nncn2C)c(Cl)c1.Cl. The van der Waals surface area contributed by atoms with Crippen molar-refractivity contribution >= 4 is 47.4 Å². The summed E-state index contributed by atoms with van der Waals surface area (Å²) in [6.07, 6.45) is 3.09. The number of aromatic nitrogens is 3. The molecule has 2 aromatic rings. The van der Waals surface area contributed by atoms with Gasteiger partial charge in [0.05, 0.1) is 10.6 Å². The monoisotopic (exact) mass is 389 g/mol. The van der Waals surface area contributed by atoms with Crippen LogP contribution in [0, 0.1) is 0 Å². The molecule has 1 heterocycles. The van der Waals surface area contributed by atoms with Crippen molar-refractivity contribution in [1.82, 2.24) is 14.8 Å². The first kappa shape index (κ1) is 20.8. The van der Waals surface area contributed by atoms with Gasteiger partial charge in [0.1, 0.15) is 6.33 Å². The predicted octanol–water partition coefficient (Wildman–Crippen LogP) is 3.50. The minimum atomic E-state index is -0.896. The lowest BCUT2D eigenvalue weighted by Crippen LogP contribution is -2.48. The van der Waals surface area contributed by atoms with Crippen LogP contribution in [0.5, 0.6) is 0 Å². The van der Waals surface area contributed by atoms with E-state index in [0.717, 1.165) is 16.5 Å². The van der Waals surface area contributed by atoms with Gasteiger partial charge in [-0.25, -0.2) is 0 Å². The zero-order valence-electron chi connectivity index (χ0n) is 13.7. The number of benzene rings is 1. The van der Waals surface area contributed by atoms with Gasteiger partial charge in [-0.3, -0.25) is 4.79 Å². The maximum atomic E-state index is 12.2. The second-order valence-corrected chi connectivity index (χ2v) is 7.01. The summed E-state index contributed by atoms with van der Waals surface area (Å²) in [5.74, 6) is -0.218. The molecule has 0 saturated heterocycles. The van der Waals surface area contributed by atoms with Crippen LogP contribution in [0.25, 0.3) is 0 Å². The van der Waals surface area contributed by atoms with Crippen LogP contribution in [0.4, 0.5) is 5.69 Å². The van der Waals surface area contributed by atoms with E-state index in [1.165, 1.54) is 11.8 Å². The Labute approximate surface area is 157 Å². The molecule has 0 aliphatic carbocycles. The van der Waals surface area contributed by atoms with Gasteiger partial charge in [-0.1, -0.05) is 24.9 Å². The fraction of sp³-hybridized carbons (Fsp3) is 0.400. The molecule has 24 heavy (non-hydrogen) atoms. The highest BCUT2D eigenvalue weighted by atomic mass is 35.5. The molecule has 0 aliphatic rings. The summed E-state index contributed by atoms with van der Waals surface area (Å²) >= 11 is 7.71. The molecule has 1 aromatic heterocycles. The molecule has 1 amide bonds. The van der Waals surface area contributed by atoms with Crippen LogP contribution in [0.1, 0.15) is 26.7 Å². The number of anilines is 1. The van der Waals surface area contributed by atoms with Crippen LogP contribution in [-0.4, -0.2) is 26.2 Å². The molecule has 2 rings (SSSR count). The first-order valence-electron chi connectivity index (χ1n) is 7.25. The molecule has 6 nitrogen and oxygen atoms in total. The summed E-state index contributed by atoms with van der Waals surface area (Å²) in [5.41, 5.74) is 5.75. The Morgan fingerprint density at radius 1 is 1.50 bits per heavy atom. The van der Waals surface area contributed by atoms with Gasteiger partial charge in [0, 0.05) is 17.6 Å². The predicted molar refractivity (Wildman–Crippen MR) is 100.0 cm³/mol. The summed E-state index contributed by atoms with van der Waals surface area (Å²) in [4.78, 5) is 13.1. The minimum Gasteiger partial charge on any atom is -0.324 e. The summed E-state index contributed by atoms with van der Waals surface area (Å²) in [5, 5.41) is 11.9. The van der Waals surface area contributed by atoms with Crippen LogP contribution >= 0.6 is 35.8 Å². The average Bonchev–Trinajstić information content (AvgIpc) is 2.87. The van der Waals surface area contributed by atoms with Gasteiger partial charge in [0.25, 0.3) is 0 Å². The topological polar surface area (TPSA) is 85.8 Å². The zero-order chi connectivity index (χ0) is 17.0. The van der Waals surface area contributed by atoms with Crippen molar-refractivity contribution in [3.05, 3.63) is 29.5 Å². The molecule has 0 radical (unpaired) electrons. The minimum absolute atomic E-state index is 0. The van der Waals surface area contributed by atoms with Crippen LogP contribution in [0.15, 0.2) is 34.6 Å². The van der Waals surface area contributed by atoms with Crippen molar-refractivity contribution in [3.8, 4) is 0 Å². The molecule has 1 aromatic carbocycles. The molecule has 0 saturated carbocycles. The van der Waals surface area contributed by atoms with Crippen LogP contribution in [0.2, 0.25) is 5.02 Å².